The number of carbonyl (C=O) groups is 2. The number of benzene rings is 2. The molecule has 7 nitrogen and oxygen atoms in total. The predicted molar refractivity (Wildman–Crippen MR) is 127 cm³/mol. The standard InChI is InChI=1S/C25H31N3O4S/c29-24(27-14-16-28(17-15-27)25(30)26-22-10-3-1-4-11-22)21-9-7-8-20(18-21)19-33(31,32)23-12-5-2-6-13-23/h2,5-9,12-13,18,22H,1,3-4,10-11,14-17,19H2,(H,26,30). The number of amides is 3. The number of rotatable bonds is 5. The van der Waals surface area contributed by atoms with Crippen LogP contribution in [-0.4, -0.2) is 62.4 Å². The van der Waals surface area contributed by atoms with Gasteiger partial charge in [-0.3, -0.25) is 4.79 Å². The van der Waals surface area contributed by atoms with E-state index in [2.05, 4.69) is 5.32 Å². The van der Waals surface area contributed by atoms with Gasteiger partial charge in [-0.05, 0) is 42.7 Å². The minimum atomic E-state index is -3.49. The lowest BCUT2D eigenvalue weighted by Gasteiger charge is -2.36. The second-order valence-corrected chi connectivity index (χ2v) is 10.8. The fourth-order valence-corrected chi connectivity index (χ4v) is 5.89. The molecule has 33 heavy (non-hydrogen) atoms. The maximum Gasteiger partial charge on any atom is 0.317 e. The third kappa shape index (κ3) is 5.93. The molecule has 2 aliphatic rings. The first kappa shape index (κ1) is 23.3. The van der Waals surface area contributed by atoms with Crippen molar-refractivity contribution in [2.75, 3.05) is 26.2 Å². The van der Waals surface area contributed by atoms with E-state index in [4.69, 9.17) is 0 Å². The highest BCUT2D eigenvalue weighted by molar-refractivity contribution is 7.90. The molecule has 2 aromatic carbocycles. The molecule has 0 spiro atoms. The molecule has 3 amide bonds. The first-order valence-electron chi connectivity index (χ1n) is 11.6. The van der Waals surface area contributed by atoms with Crippen LogP contribution in [0.3, 0.4) is 0 Å². The van der Waals surface area contributed by atoms with Gasteiger partial charge >= 0.3 is 6.03 Å². The molecule has 0 aromatic heterocycles. The monoisotopic (exact) mass is 469 g/mol. The lowest BCUT2D eigenvalue weighted by atomic mass is 9.96. The summed E-state index contributed by atoms with van der Waals surface area (Å²) in [5.41, 5.74) is 1.05. The van der Waals surface area contributed by atoms with Crippen molar-refractivity contribution in [3.05, 3.63) is 65.7 Å². The highest BCUT2D eigenvalue weighted by Gasteiger charge is 2.27. The molecular weight excluding hydrogens is 438 g/mol. The van der Waals surface area contributed by atoms with Gasteiger partial charge in [0.05, 0.1) is 10.6 Å². The molecule has 176 valence electrons. The molecule has 0 radical (unpaired) electrons. The third-order valence-electron chi connectivity index (χ3n) is 6.42. The van der Waals surface area contributed by atoms with Crippen LogP contribution in [0, 0.1) is 0 Å². The number of nitrogens with zero attached hydrogens (tertiary/aromatic N) is 2. The van der Waals surface area contributed by atoms with Gasteiger partial charge in [0.15, 0.2) is 9.84 Å². The molecule has 4 rings (SSSR count). The summed E-state index contributed by atoms with van der Waals surface area (Å²) in [7, 11) is -3.49. The van der Waals surface area contributed by atoms with Gasteiger partial charge in [0.25, 0.3) is 5.91 Å². The fourth-order valence-electron chi connectivity index (χ4n) is 4.53. The normalized spacial score (nSPS) is 17.6. The summed E-state index contributed by atoms with van der Waals surface area (Å²) < 4.78 is 25.4. The van der Waals surface area contributed by atoms with E-state index in [0.29, 0.717) is 37.3 Å². The Bertz CT molecular complexity index is 1070. The topological polar surface area (TPSA) is 86.8 Å². The van der Waals surface area contributed by atoms with Crippen LogP contribution in [0.4, 0.5) is 4.79 Å². The molecule has 0 atom stereocenters. The first-order valence-corrected chi connectivity index (χ1v) is 13.3. The minimum Gasteiger partial charge on any atom is -0.335 e. The fraction of sp³-hybridized carbons (Fsp3) is 0.440. The Morgan fingerprint density at radius 1 is 0.848 bits per heavy atom. The third-order valence-corrected chi connectivity index (χ3v) is 8.12. The summed E-state index contributed by atoms with van der Waals surface area (Å²) in [4.78, 5) is 29.4. The SMILES string of the molecule is O=C(NC1CCCCC1)N1CCN(C(=O)c2cccc(CS(=O)(=O)c3ccccc3)c2)CC1. The molecule has 2 aromatic rings. The lowest BCUT2D eigenvalue weighted by molar-refractivity contribution is 0.0662. The largest absolute Gasteiger partial charge is 0.335 e. The van der Waals surface area contributed by atoms with Crippen molar-refractivity contribution in [2.24, 2.45) is 0 Å². The van der Waals surface area contributed by atoms with Gasteiger partial charge in [0.1, 0.15) is 0 Å². The number of urea groups is 1. The molecular formula is C25H31N3O4S. The zero-order valence-electron chi connectivity index (χ0n) is 18.8. The quantitative estimate of drug-likeness (QED) is 0.727. The van der Waals surface area contributed by atoms with E-state index < -0.39 is 9.84 Å². The second-order valence-electron chi connectivity index (χ2n) is 8.84. The van der Waals surface area contributed by atoms with E-state index in [-0.39, 0.29) is 28.6 Å². The van der Waals surface area contributed by atoms with Crippen molar-refractivity contribution in [3.63, 3.8) is 0 Å². The van der Waals surface area contributed by atoms with Crippen molar-refractivity contribution in [3.8, 4) is 0 Å². The second kappa shape index (κ2) is 10.4. The molecule has 1 N–H and O–H groups in total. The number of hydrogen-bond acceptors (Lipinski definition) is 4. The Kier molecular flexibility index (Phi) is 7.33. The van der Waals surface area contributed by atoms with Gasteiger partial charge in [0.2, 0.25) is 0 Å². The zero-order chi connectivity index (χ0) is 23.3. The summed E-state index contributed by atoms with van der Waals surface area (Å²) in [6.07, 6.45) is 5.66. The number of carbonyl (C=O) groups excluding carboxylic acids is 2. The Morgan fingerprint density at radius 3 is 2.21 bits per heavy atom. The zero-order valence-corrected chi connectivity index (χ0v) is 19.6. The molecule has 1 heterocycles. The van der Waals surface area contributed by atoms with Crippen LogP contribution in [0.25, 0.3) is 0 Å². The van der Waals surface area contributed by atoms with E-state index in [1.54, 1.807) is 64.4 Å². The highest BCUT2D eigenvalue weighted by Crippen LogP contribution is 2.19. The minimum absolute atomic E-state index is 0.0397. The number of hydrogen-bond donors (Lipinski definition) is 1. The predicted octanol–water partition coefficient (Wildman–Crippen LogP) is 3.46. The lowest BCUT2D eigenvalue weighted by Crippen LogP contribution is -2.54. The van der Waals surface area contributed by atoms with Crippen molar-refractivity contribution in [1.82, 2.24) is 15.1 Å². The molecule has 1 aliphatic heterocycles. The van der Waals surface area contributed by atoms with Crippen LogP contribution in [-0.2, 0) is 15.6 Å². The van der Waals surface area contributed by atoms with Gasteiger partial charge in [-0.25, -0.2) is 13.2 Å². The van der Waals surface area contributed by atoms with E-state index in [9.17, 15) is 18.0 Å². The van der Waals surface area contributed by atoms with Crippen molar-refractivity contribution in [1.29, 1.82) is 0 Å². The van der Waals surface area contributed by atoms with E-state index >= 15 is 0 Å². The van der Waals surface area contributed by atoms with Crippen molar-refractivity contribution < 1.29 is 18.0 Å². The van der Waals surface area contributed by atoms with Gasteiger partial charge in [0, 0.05) is 37.8 Å². The Labute approximate surface area is 195 Å². The first-order chi connectivity index (χ1) is 15.9. The number of sulfone groups is 1. The van der Waals surface area contributed by atoms with Crippen LogP contribution in [0.2, 0.25) is 0 Å². The molecule has 8 heteroatoms. The molecule has 2 fully saturated rings. The van der Waals surface area contributed by atoms with Crippen LogP contribution in [0.1, 0.15) is 48.0 Å². The van der Waals surface area contributed by atoms with Crippen molar-refractivity contribution >= 4 is 21.8 Å². The maximum absolute atomic E-state index is 13.0. The summed E-state index contributed by atoms with van der Waals surface area (Å²) >= 11 is 0. The maximum atomic E-state index is 13.0. The molecule has 1 aliphatic carbocycles. The van der Waals surface area contributed by atoms with E-state index in [1.807, 2.05) is 0 Å². The highest BCUT2D eigenvalue weighted by atomic mass is 32.2. The summed E-state index contributed by atoms with van der Waals surface area (Å²) in [5.74, 6) is -0.297. The molecule has 0 unspecified atom stereocenters. The van der Waals surface area contributed by atoms with Crippen molar-refractivity contribution in [2.45, 2.75) is 48.8 Å². The van der Waals surface area contributed by atoms with E-state index in [0.717, 1.165) is 12.8 Å². The number of nitrogens with one attached hydrogen (secondary N) is 1. The van der Waals surface area contributed by atoms with Gasteiger partial charge in [-0.1, -0.05) is 49.6 Å². The average Bonchev–Trinajstić information content (AvgIpc) is 2.85. The average molecular weight is 470 g/mol. The van der Waals surface area contributed by atoms with Gasteiger partial charge < -0.3 is 15.1 Å². The Balaban J connectivity index is 1.34. The Hall–Kier alpha value is -2.87. The number of piperazine rings is 1. The van der Waals surface area contributed by atoms with Crippen LogP contribution >= 0.6 is 0 Å². The molecule has 1 saturated carbocycles. The smallest absolute Gasteiger partial charge is 0.317 e. The van der Waals surface area contributed by atoms with Gasteiger partial charge in [-0.2, -0.15) is 0 Å². The molecule has 1 saturated heterocycles. The Morgan fingerprint density at radius 2 is 1.52 bits per heavy atom. The summed E-state index contributed by atoms with van der Waals surface area (Å²) in [6.45, 7) is 1.91. The van der Waals surface area contributed by atoms with Gasteiger partial charge in [-0.15, -0.1) is 0 Å². The van der Waals surface area contributed by atoms with Crippen LogP contribution < -0.4 is 5.32 Å². The molecule has 0 bridgehead atoms. The van der Waals surface area contributed by atoms with Crippen LogP contribution in [0.5, 0.6) is 0 Å². The summed E-state index contributed by atoms with van der Waals surface area (Å²) in [5, 5.41) is 3.13. The summed E-state index contributed by atoms with van der Waals surface area (Å²) in [6, 6.07) is 15.4. The van der Waals surface area contributed by atoms with Crippen LogP contribution in [0.15, 0.2) is 59.5 Å². The van der Waals surface area contributed by atoms with E-state index in [1.165, 1.54) is 19.3 Å².